The lowest BCUT2D eigenvalue weighted by Crippen LogP contribution is -2.08. The Balaban J connectivity index is 1.64. The average molecular weight is 374 g/mol. The third-order valence-electron chi connectivity index (χ3n) is 4.76. The summed E-state index contributed by atoms with van der Waals surface area (Å²) in [5.74, 6) is 1.32. The maximum atomic E-state index is 10.5. The van der Waals surface area contributed by atoms with Crippen LogP contribution in [0.5, 0.6) is 11.5 Å². The van der Waals surface area contributed by atoms with Gasteiger partial charge in [-0.15, -0.1) is 0 Å². The number of fused-ring (bicyclic) bond motifs is 1. The summed E-state index contributed by atoms with van der Waals surface area (Å²) in [7, 11) is 1.54. The highest BCUT2D eigenvalue weighted by molar-refractivity contribution is 5.77. The van der Waals surface area contributed by atoms with Gasteiger partial charge >= 0.3 is 0 Å². The molecule has 1 N–H and O–H groups in total. The Morgan fingerprint density at radius 1 is 0.929 bits per heavy atom. The standard InChI is InChI=1S/C24H22O4/c1-26-21-13-7-11-19(24(21)25)15-22(27-16-17-8-3-2-4-9-17)23-14-18-10-5-6-12-20(18)28-23/h2-14,22,25H,15-16H2,1H3. The van der Waals surface area contributed by atoms with Gasteiger partial charge in [-0.25, -0.2) is 0 Å². The minimum atomic E-state index is -0.342. The van der Waals surface area contributed by atoms with Gasteiger partial charge in [-0.2, -0.15) is 0 Å². The van der Waals surface area contributed by atoms with Crippen LogP contribution >= 0.6 is 0 Å². The molecule has 0 aliphatic rings. The smallest absolute Gasteiger partial charge is 0.161 e. The van der Waals surface area contributed by atoms with E-state index in [2.05, 4.69) is 0 Å². The van der Waals surface area contributed by atoms with E-state index in [1.807, 2.05) is 72.8 Å². The van der Waals surface area contributed by atoms with Crippen molar-refractivity contribution in [3.05, 3.63) is 95.7 Å². The number of hydrogen-bond donors (Lipinski definition) is 1. The van der Waals surface area contributed by atoms with Gasteiger partial charge in [-0.1, -0.05) is 60.7 Å². The van der Waals surface area contributed by atoms with Crippen molar-refractivity contribution in [3.63, 3.8) is 0 Å². The van der Waals surface area contributed by atoms with Crippen molar-refractivity contribution in [2.75, 3.05) is 7.11 Å². The molecule has 4 nitrogen and oxygen atoms in total. The fraction of sp³-hybridized carbons (Fsp3) is 0.167. The van der Waals surface area contributed by atoms with Gasteiger partial charge < -0.3 is 19.0 Å². The molecule has 1 unspecified atom stereocenters. The molecule has 0 amide bonds. The molecular weight excluding hydrogens is 352 g/mol. The van der Waals surface area contributed by atoms with Gasteiger partial charge in [0, 0.05) is 17.4 Å². The summed E-state index contributed by atoms with van der Waals surface area (Å²) in [6, 6.07) is 25.4. The van der Waals surface area contributed by atoms with E-state index in [4.69, 9.17) is 13.9 Å². The van der Waals surface area contributed by atoms with Crippen LogP contribution in [0.2, 0.25) is 0 Å². The Kier molecular flexibility index (Phi) is 5.31. The fourth-order valence-electron chi connectivity index (χ4n) is 3.27. The number of methoxy groups -OCH3 is 1. The zero-order chi connectivity index (χ0) is 19.3. The van der Waals surface area contributed by atoms with Crippen LogP contribution in [0.3, 0.4) is 0 Å². The topological polar surface area (TPSA) is 51.8 Å². The molecular formula is C24H22O4. The summed E-state index contributed by atoms with van der Waals surface area (Å²) in [6.07, 6.45) is 0.126. The molecule has 1 aromatic heterocycles. The van der Waals surface area contributed by atoms with Crippen LogP contribution in [0.15, 0.2) is 83.3 Å². The van der Waals surface area contributed by atoms with Crippen LogP contribution < -0.4 is 4.74 Å². The lowest BCUT2D eigenvalue weighted by molar-refractivity contribution is 0.0263. The molecule has 4 heteroatoms. The molecule has 0 spiro atoms. The first kappa shape index (κ1) is 18.1. The van der Waals surface area contributed by atoms with E-state index in [1.54, 1.807) is 13.2 Å². The van der Waals surface area contributed by atoms with Crippen molar-refractivity contribution in [3.8, 4) is 11.5 Å². The third-order valence-corrected chi connectivity index (χ3v) is 4.76. The van der Waals surface area contributed by atoms with Gasteiger partial charge in [-0.3, -0.25) is 0 Å². The Bertz CT molecular complexity index is 1020. The molecule has 0 aliphatic carbocycles. The van der Waals surface area contributed by atoms with Crippen molar-refractivity contribution < 1.29 is 19.0 Å². The molecule has 28 heavy (non-hydrogen) atoms. The van der Waals surface area contributed by atoms with Gasteiger partial charge in [0.15, 0.2) is 11.5 Å². The Morgan fingerprint density at radius 3 is 2.50 bits per heavy atom. The van der Waals surface area contributed by atoms with Crippen molar-refractivity contribution in [2.24, 2.45) is 0 Å². The van der Waals surface area contributed by atoms with Crippen LogP contribution in [0.4, 0.5) is 0 Å². The van der Waals surface area contributed by atoms with E-state index in [0.29, 0.717) is 18.8 Å². The highest BCUT2D eigenvalue weighted by Crippen LogP contribution is 2.35. The monoisotopic (exact) mass is 374 g/mol. The second-order valence-electron chi connectivity index (χ2n) is 6.64. The molecule has 142 valence electrons. The van der Waals surface area contributed by atoms with Gasteiger partial charge in [0.25, 0.3) is 0 Å². The zero-order valence-corrected chi connectivity index (χ0v) is 15.7. The predicted molar refractivity (Wildman–Crippen MR) is 109 cm³/mol. The van der Waals surface area contributed by atoms with E-state index in [0.717, 1.165) is 27.9 Å². The number of para-hydroxylation sites is 2. The Hall–Kier alpha value is -3.24. The SMILES string of the molecule is COc1cccc(CC(OCc2ccccc2)c2cc3ccccc3o2)c1O. The number of phenolic OH excluding ortho intramolecular Hbond substituents is 1. The summed E-state index contributed by atoms with van der Waals surface area (Å²) in [5, 5.41) is 11.5. The van der Waals surface area contributed by atoms with Gasteiger partial charge in [0.2, 0.25) is 0 Å². The van der Waals surface area contributed by atoms with Gasteiger partial charge in [-0.05, 0) is 23.8 Å². The predicted octanol–water partition coefficient (Wildman–Crippen LogP) is 5.65. The lowest BCUT2D eigenvalue weighted by Gasteiger charge is -2.17. The van der Waals surface area contributed by atoms with Crippen LogP contribution in [0.25, 0.3) is 11.0 Å². The highest BCUT2D eigenvalue weighted by Gasteiger charge is 2.21. The first-order chi connectivity index (χ1) is 13.7. The number of ether oxygens (including phenoxy) is 2. The van der Waals surface area contributed by atoms with E-state index < -0.39 is 0 Å². The lowest BCUT2D eigenvalue weighted by atomic mass is 10.0. The van der Waals surface area contributed by atoms with Crippen LogP contribution in [-0.4, -0.2) is 12.2 Å². The van der Waals surface area contributed by atoms with Gasteiger partial charge in [0.05, 0.1) is 13.7 Å². The summed E-state index contributed by atoms with van der Waals surface area (Å²) < 4.78 is 17.5. The number of rotatable bonds is 7. The minimum absolute atomic E-state index is 0.134. The molecule has 4 aromatic rings. The molecule has 3 aromatic carbocycles. The second kappa shape index (κ2) is 8.19. The highest BCUT2D eigenvalue weighted by atomic mass is 16.5. The number of aromatic hydroxyl groups is 1. The fourth-order valence-corrected chi connectivity index (χ4v) is 3.27. The third kappa shape index (κ3) is 3.87. The van der Waals surface area contributed by atoms with Crippen molar-refractivity contribution in [1.29, 1.82) is 0 Å². The normalized spacial score (nSPS) is 12.2. The number of hydrogen-bond acceptors (Lipinski definition) is 4. The van der Waals surface area contributed by atoms with E-state index in [1.165, 1.54) is 0 Å². The van der Waals surface area contributed by atoms with Gasteiger partial charge in [0.1, 0.15) is 17.4 Å². The van der Waals surface area contributed by atoms with Crippen LogP contribution in [0.1, 0.15) is 23.0 Å². The average Bonchev–Trinajstić information content (AvgIpc) is 3.17. The maximum Gasteiger partial charge on any atom is 0.161 e. The van der Waals surface area contributed by atoms with Crippen molar-refractivity contribution in [1.82, 2.24) is 0 Å². The molecule has 0 fully saturated rings. The summed E-state index contributed by atoms with van der Waals surface area (Å²) in [5.41, 5.74) is 2.65. The number of benzene rings is 3. The summed E-state index contributed by atoms with van der Waals surface area (Å²) >= 11 is 0. The molecule has 1 heterocycles. The molecule has 0 radical (unpaired) electrons. The summed E-state index contributed by atoms with van der Waals surface area (Å²) in [4.78, 5) is 0. The molecule has 0 saturated carbocycles. The molecule has 0 bridgehead atoms. The van der Waals surface area contributed by atoms with Crippen molar-refractivity contribution in [2.45, 2.75) is 19.1 Å². The zero-order valence-electron chi connectivity index (χ0n) is 15.7. The van der Waals surface area contributed by atoms with E-state index in [9.17, 15) is 5.11 Å². The Labute approximate surface area is 164 Å². The number of phenols is 1. The van der Waals surface area contributed by atoms with Crippen molar-refractivity contribution >= 4 is 11.0 Å². The van der Waals surface area contributed by atoms with Crippen LogP contribution in [-0.2, 0) is 17.8 Å². The maximum absolute atomic E-state index is 10.5. The second-order valence-corrected chi connectivity index (χ2v) is 6.64. The number of furan rings is 1. The molecule has 0 saturated heterocycles. The quantitative estimate of drug-likeness (QED) is 0.454. The van der Waals surface area contributed by atoms with Crippen LogP contribution in [0, 0.1) is 0 Å². The molecule has 0 aliphatic heterocycles. The molecule has 1 atom stereocenters. The van der Waals surface area contributed by atoms with E-state index in [-0.39, 0.29) is 11.9 Å². The molecule has 4 rings (SSSR count). The first-order valence-corrected chi connectivity index (χ1v) is 9.23. The summed E-state index contributed by atoms with van der Waals surface area (Å²) in [6.45, 7) is 0.452. The minimum Gasteiger partial charge on any atom is -0.504 e. The first-order valence-electron chi connectivity index (χ1n) is 9.23. The Morgan fingerprint density at radius 2 is 1.71 bits per heavy atom. The largest absolute Gasteiger partial charge is 0.504 e. The van der Waals surface area contributed by atoms with E-state index >= 15 is 0 Å².